The number of carboxylic acid groups (broad SMARTS) is 3. The first-order valence-corrected chi connectivity index (χ1v) is 43.0. The molecule has 612 valence electrons. The summed E-state index contributed by atoms with van der Waals surface area (Å²) in [6.45, 7) is 31.8. The van der Waals surface area contributed by atoms with Gasteiger partial charge in [-0.15, -0.1) is 34.0 Å². The van der Waals surface area contributed by atoms with E-state index < -0.39 is 48.0 Å². The molecule has 0 spiro atoms. The smallest absolute Gasteiger partial charge is 0.348 e. The predicted molar refractivity (Wildman–Crippen MR) is 440 cm³/mol. The first kappa shape index (κ1) is 91.1. The van der Waals surface area contributed by atoms with E-state index in [0.29, 0.717) is 126 Å². The fourth-order valence-electron chi connectivity index (χ4n) is 15.2. The molecular weight excluding hydrogens is 1470 g/mol. The van der Waals surface area contributed by atoms with Crippen molar-refractivity contribution in [3.8, 4) is 35.5 Å². The molecule has 3 heterocycles. The second kappa shape index (κ2) is 40.8. The second-order valence-corrected chi connectivity index (χ2v) is 38.6. The van der Waals surface area contributed by atoms with E-state index >= 15 is 0 Å². The second-order valence-electron chi connectivity index (χ2n) is 35.5. The Morgan fingerprint density at radius 2 is 0.640 bits per heavy atom. The van der Waals surface area contributed by atoms with Crippen molar-refractivity contribution in [2.75, 3.05) is 14.7 Å². The zero-order valence-corrected chi connectivity index (χ0v) is 71.1. The molecule has 6 aliphatic carbocycles. The van der Waals surface area contributed by atoms with Crippen LogP contribution in [0.15, 0.2) is 18.2 Å². The standard InChI is InChI=1S/C31H46N2O5S.2C28H40N2O5S/c1-7-20(3)26(32)30(37)38-23-14-12-22(13-15-23)33(28(34)21-10-8-19(2)9-11-21)25-18-24(16-17-31(4,5)6)39-27(25)29(35)36;2*1-17-6-8-19(9-7-17)25(31)30(20-10-12-21(13-11-20)35-27(34)18(2)29)23-16-22(14-15-28(3,4)5)36-24(23)26(32)33/h18-23,26H,7-15,32H2,1-6H3,(H,35,36);2*16-21H,6-13,29H2,1-5H3,(H,32,33)/t19?,20-,21?,22?,23?,26-;2*17?,18-,19?,20?,21?/m010/s1. The number of rotatable bonds is 20. The molecule has 6 fully saturated rings. The van der Waals surface area contributed by atoms with Gasteiger partial charge in [-0.3, -0.25) is 28.8 Å². The van der Waals surface area contributed by atoms with Gasteiger partial charge in [0.1, 0.15) is 51.1 Å². The molecule has 3 amide bonds. The Morgan fingerprint density at radius 1 is 0.405 bits per heavy atom. The molecule has 21 nitrogen and oxygen atoms in total. The van der Waals surface area contributed by atoms with Crippen molar-refractivity contribution in [3.63, 3.8) is 0 Å². The van der Waals surface area contributed by atoms with Gasteiger partial charge in [-0.25, -0.2) is 14.4 Å². The lowest BCUT2D eigenvalue weighted by Gasteiger charge is -2.39. The number of thiophene rings is 3. The third kappa shape index (κ3) is 27.0. The van der Waals surface area contributed by atoms with E-state index in [4.69, 9.17) is 31.4 Å². The maximum absolute atomic E-state index is 14.1. The van der Waals surface area contributed by atoms with Gasteiger partial charge in [-0.05, 0) is 272 Å². The number of anilines is 3. The Kier molecular flexibility index (Phi) is 33.4. The Bertz CT molecular complexity index is 3730. The van der Waals surface area contributed by atoms with E-state index in [9.17, 15) is 58.5 Å². The van der Waals surface area contributed by atoms with E-state index in [1.165, 1.54) is 0 Å². The maximum atomic E-state index is 14.1. The fourth-order valence-corrected chi connectivity index (χ4v) is 17.7. The highest BCUT2D eigenvalue weighted by molar-refractivity contribution is 7.15. The number of esters is 3. The summed E-state index contributed by atoms with van der Waals surface area (Å²) in [5.41, 5.74) is 18.0. The van der Waals surface area contributed by atoms with Gasteiger partial charge in [0.25, 0.3) is 0 Å². The first-order valence-electron chi connectivity index (χ1n) is 40.6. The van der Waals surface area contributed by atoms with Crippen molar-refractivity contribution in [1.82, 2.24) is 0 Å². The molecule has 6 aliphatic rings. The Balaban J connectivity index is 0.000000231. The molecular formula is C87H126N6O15S3. The molecule has 0 radical (unpaired) electrons. The number of nitrogens with zero attached hydrogens (tertiary/aromatic N) is 3. The lowest BCUT2D eigenvalue weighted by Crippen LogP contribution is -2.48. The summed E-state index contributed by atoms with van der Waals surface area (Å²) in [5, 5.41) is 30.2. The van der Waals surface area contributed by atoms with Gasteiger partial charge in [0.2, 0.25) is 17.7 Å². The molecule has 0 unspecified atom stereocenters. The minimum atomic E-state index is -1.05. The molecule has 24 heteroatoms. The molecule has 0 aliphatic heterocycles. The molecule has 0 saturated heterocycles. The number of amides is 3. The third-order valence-electron chi connectivity index (χ3n) is 22.1. The van der Waals surface area contributed by atoms with Crippen molar-refractivity contribution in [3.05, 3.63) is 47.5 Å². The quantitative estimate of drug-likeness (QED) is 0.0348. The molecule has 3 aromatic heterocycles. The van der Waals surface area contributed by atoms with Crippen LogP contribution < -0.4 is 31.9 Å². The number of ether oxygens (including phenoxy) is 3. The van der Waals surface area contributed by atoms with Crippen molar-refractivity contribution >= 4 is 105 Å². The zero-order valence-electron chi connectivity index (χ0n) is 68.7. The Hall–Kier alpha value is -7.11. The van der Waals surface area contributed by atoms with E-state index in [1.807, 2.05) is 76.2 Å². The average Bonchev–Trinajstić information content (AvgIpc) is 1.67. The molecule has 9 N–H and O–H groups in total. The van der Waals surface area contributed by atoms with Gasteiger partial charge in [-0.2, -0.15) is 0 Å². The highest BCUT2D eigenvalue weighted by Crippen LogP contribution is 2.44. The van der Waals surface area contributed by atoms with Crippen LogP contribution >= 0.6 is 34.0 Å². The normalized spacial score (nSPS) is 25.2. The molecule has 6 saturated carbocycles. The number of hydrogen-bond acceptors (Lipinski definition) is 18. The van der Waals surface area contributed by atoms with E-state index in [-0.39, 0.29) is 115 Å². The SMILES string of the molecule is CC1CCC(C(=O)N(c2cc(C#CC(C)(C)C)sc2C(=O)O)C2CCC(OC(=O)[C@@H](C)N)CC2)CC1.CC1CCC(C(=O)N(c2cc(C#CC(C)(C)C)sc2C(=O)O)C2CCC(OC(=O)[C@H](C)N)CC2)CC1.CC[C@H](C)[C@H](N)C(=O)OC1CCC(N(C(=O)C2CCC(C)CC2)c2cc(C#CC(C)(C)C)sc2C(=O)O)CC1. The Morgan fingerprint density at radius 3 is 0.847 bits per heavy atom. The number of hydrogen-bond donors (Lipinski definition) is 6. The summed E-state index contributed by atoms with van der Waals surface area (Å²) in [4.78, 5) is 123. The number of carbonyl (C=O) groups is 9. The monoisotopic (exact) mass is 1590 g/mol. The minimum Gasteiger partial charge on any atom is -0.477 e. The number of nitrogens with two attached hydrogens (primary N) is 3. The van der Waals surface area contributed by atoms with Crippen LogP contribution in [-0.4, -0.2) is 123 Å². The largest absolute Gasteiger partial charge is 0.477 e. The summed E-state index contributed by atoms with van der Waals surface area (Å²) in [6, 6.07) is 2.88. The van der Waals surface area contributed by atoms with Crippen LogP contribution in [0.4, 0.5) is 17.1 Å². The van der Waals surface area contributed by atoms with Gasteiger partial charge in [0, 0.05) is 52.1 Å². The van der Waals surface area contributed by atoms with Gasteiger partial charge < -0.3 is 61.4 Å². The maximum Gasteiger partial charge on any atom is 0.348 e. The van der Waals surface area contributed by atoms with Crippen LogP contribution in [0.5, 0.6) is 0 Å². The Labute approximate surface area is 671 Å². The van der Waals surface area contributed by atoms with E-state index in [0.717, 1.165) is 117 Å². The van der Waals surface area contributed by atoms with Gasteiger partial charge in [0.05, 0.1) is 31.7 Å². The highest BCUT2D eigenvalue weighted by Gasteiger charge is 2.43. The van der Waals surface area contributed by atoms with E-state index in [1.54, 1.807) is 46.7 Å². The lowest BCUT2D eigenvalue weighted by molar-refractivity contribution is -0.154. The van der Waals surface area contributed by atoms with Crippen molar-refractivity contribution in [1.29, 1.82) is 0 Å². The molecule has 9 rings (SSSR count). The fraction of sp³-hybridized carbons (Fsp3) is 0.690. The van der Waals surface area contributed by atoms with Crippen LogP contribution in [-0.2, 0) is 43.0 Å². The van der Waals surface area contributed by atoms with Crippen LogP contribution in [0.1, 0.15) is 315 Å². The van der Waals surface area contributed by atoms with Gasteiger partial charge in [-0.1, -0.05) is 76.6 Å². The zero-order chi connectivity index (χ0) is 82.1. The molecule has 111 heavy (non-hydrogen) atoms. The molecule has 3 aromatic rings. The number of carboxylic acids is 3. The van der Waals surface area contributed by atoms with Crippen LogP contribution in [0.2, 0.25) is 0 Å². The summed E-state index contributed by atoms with van der Waals surface area (Å²) < 4.78 is 16.8. The molecule has 0 aromatic carbocycles. The highest BCUT2D eigenvalue weighted by atomic mass is 32.1. The first-order chi connectivity index (χ1) is 52.0. The predicted octanol–water partition coefficient (Wildman–Crippen LogP) is 16.6. The molecule has 0 bridgehead atoms. The summed E-state index contributed by atoms with van der Waals surface area (Å²) in [5.74, 6) is 16.1. The summed E-state index contributed by atoms with van der Waals surface area (Å²) >= 11 is 3.39. The lowest BCUT2D eigenvalue weighted by atomic mass is 9.81. The number of carbonyl (C=O) groups excluding carboxylic acids is 6. The number of aromatic carboxylic acids is 3. The summed E-state index contributed by atoms with van der Waals surface area (Å²) in [6.07, 6.45) is 18.4. The molecule has 4 atom stereocenters. The minimum absolute atomic E-state index is 0.00792. The van der Waals surface area contributed by atoms with Crippen LogP contribution in [0.25, 0.3) is 0 Å². The van der Waals surface area contributed by atoms with E-state index in [2.05, 4.69) is 56.3 Å². The van der Waals surface area contributed by atoms with Crippen LogP contribution in [0, 0.1) is 93.2 Å². The average molecular weight is 1590 g/mol. The van der Waals surface area contributed by atoms with Gasteiger partial charge >= 0.3 is 35.8 Å². The third-order valence-corrected chi connectivity index (χ3v) is 25.2. The van der Waals surface area contributed by atoms with Crippen LogP contribution in [0.3, 0.4) is 0 Å². The topological polar surface area (TPSA) is 330 Å². The van der Waals surface area contributed by atoms with Crippen molar-refractivity contribution < 1.29 is 72.7 Å². The van der Waals surface area contributed by atoms with Crippen molar-refractivity contribution in [2.24, 2.45) is 74.9 Å². The summed E-state index contributed by atoms with van der Waals surface area (Å²) in [7, 11) is 0. The van der Waals surface area contributed by atoms with Crippen molar-refractivity contribution in [2.45, 2.75) is 326 Å². The van der Waals surface area contributed by atoms with Gasteiger partial charge in [0.15, 0.2) is 0 Å².